The minimum absolute atomic E-state index is 0.111. The Balaban J connectivity index is 1.70. The Bertz CT molecular complexity index is 840. The highest BCUT2D eigenvalue weighted by atomic mass is 19.1. The van der Waals surface area contributed by atoms with Crippen LogP contribution in [0.5, 0.6) is 0 Å². The van der Waals surface area contributed by atoms with Gasteiger partial charge < -0.3 is 9.30 Å². The van der Waals surface area contributed by atoms with E-state index >= 15 is 0 Å². The average molecular weight is 371 g/mol. The van der Waals surface area contributed by atoms with Crippen molar-refractivity contribution in [3.8, 4) is 0 Å². The van der Waals surface area contributed by atoms with Gasteiger partial charge >= 0.3 is 0 Å². The first-order valence-corrected chi connectivity index (χ1v) is 9.73. The van der Waals surface area contributed by atoms with Gasteiger partial charge in [0, 0.05) is 24.3 Å². The van der Waals surface area contributed by atoms with Gasteiger partial charge in [-0.3, -0.25) is 10.2 Å². The van der Waals surface area contributed by atoms with E-state index in [2.05, 4.69) is 5.43 Å². The average Bonchev–Trinajstić information content (AvgIpc) is 2.97. The number of fused-ring (bicyclic) bond motifs is 1. The molecule has 5 nitrogen and oxygen atoms in total. The minimum Gasteiger partial charge on any atom is -0.379 e. The molecule has 144 valence electrons. The summed E-state index contributed by atoms with van der Waals surface area (Å²) in [6.45, 7) is 5.00. The molecule has 6 heteroatoms. The highest BCUT2D eigenvalue weighted by Gasteiger charge is 2.27. The van der Waals surface area contributed by atoms with E-state index in [1.807, 2.05) is 22.6 Å². The molecule has 4 rings (SSSR count). The van der Waals surface area contributed by atoms with Crippen LogP contribution in [0.2, 0.25) is 0 Å². The van der Waals surface area contributed by atoms with E-state index in [1.165, 1.54) is 17.3 Å². The number of morpholine rings is 1. The van der Waals surface area contributed by atoms with Crippen molar-refractivity contribution < 1.29 is 13.9 Å². The summed E-state index contributed by atoms with van der Waals surface area (Å²) in [5.41, 5.74) is 7.79. The van der Waals surface area contributed by atoms with Crippen molar-refractivity contribution >= 4 is 5.91 Å². The molecule has 1 amide bonds. The number of hydrazine groups is 1. The van der Waals surface area contributed by atoms with Crippen LogP contribution in [0, 0.1) is 12.7 Å². The number of hydrogen-bond donors (Lipinski definition) is 1. The largest absolute Gasteiger partial charge is 0.379 e. The molecular weight excluding hydrogens is 345 g/mol. The van der Waals surface area contributed by atoms with Crippen LogP contribution in [0.3, 0.4) is 0 Å². The van der Waals surface area contributed by atoms with E-state index < -0.39 is 0 Å². The van der Waals surface area contributed by atoms with Gasteiger partial charge in [0.05, 0.1) is 19.8 Å². The van der Waals surface area contributed by atoms with Crippen LogP contribution in [0.1, 0.15) is 45.7 Å². The van der Waals surface area contributed by atoms with Crippen LogP contribution in [0.4, 0.5) is 4.39 Å². The van der Waals surface area contributed by atoms with Crippen LogP contribution in [0.15, 0.2) is 24.3 Å². The van der Waals surface area contributed by atoms with E-state index in [0.29, 0.717) is 44.1 Å². The molecule has 1 aliphatic carbocycles. The van der Waals surface area contributed by atoms with Crippen molar-refractivity contribution in [3.63, 3.8) is 0 Å². The normalized spacial score (nSPS) is 17.6. The van der Waals surface area contributed by atoms with Crippen molar-refractivity contribution in [1.29, 1.82) is 0 Å². The zero-order valence-electron chi connectivity index (χ0n) is 15.8. The van der Waals surface area contributed by atoms with Crippen LogP contribution < -0.4 is 5.43 Å². The Morgan fingerprint density at radius 1 is 1.19 bits per heavy atom. The van der Waals surface area contributed by atoms with Crippen molar-refractivity contribution in [2.45, 2.75) is 39.2 Å². The molecule has 27 heavy (non-hydrogen) atoms. The topological polar surface area (TPSA) is 46.5 Å². The Morgan fingerprint density at radius 2 is 1.93 bits per heavy atom. The highest BCUT2D eigenvalue weighted by molar-refractivity contribution is 5.94. The van der Waals surface area contributed by atoms with Crippen molar-refractivity contribution in [2.75, 3.05) is 26.3 Å². The first-order chi connectivity index (χ1) is 13.1. The smallest absolute Gasteiger partial charge is 0.282 e. The molecule has 2 heterocycles. The van der Waals surface area contributed by atoms with E-state index in [-0.39, 0.29) is 11.7 Å². The second kappa shape index (κ2) is 7.82. The van der Waals surface area contributed by atoms with Gasteiger partial charge in [-0.05, 0) is 49.8 Å². The van der Waals surface area contributed by atoms with E-state index in [4.69, 9.17) is 4.74 Å². The van der Waals surface area contributed by atoms with Gasteiger partial charge in [-0.1, -0.05) is 18.2 Å². The minimum atomic E-state index is -0.229. The van der Waals surface area contributed by atoms with Crippen molar-refractivity contribution in [3.05, 3.63) is 58.2 Å². The maximum atomic E-state index is 14.3. The van der Waals surface area contributed by atoms with E-state index in [9.17, 15) is 9.18 Å². The fourth-order valence-electron chi connectivity index (χ4n) is 4.21. The lowest BCUT2D eigenvalue weighted by atomic mass is 9.95. The number of ether oxygens (including phenoxy) is 1. The number of carbonyl (C=O) groups is 1. The maximum absolute atomic E-state index is 14.3. The number of benzene rings is 1. The molecule has 0 bridgehead atoms. The summed E-state index contributed by atoms with van der Waals surface area (Å²) in [7, 11) is 0. The summed E-state index contributed by atoms with van der Waals surface area (Å²) >= 11 is 0. The van der Waals surface area contributed by atoms with Gasteiger partial charge in [-0.25, -0.2) is 9.40 Å². The summed E-state index contributed by atoms with van der Waals surface area (Å²) in [5.74, 6) is -0.340. The first kappa shape index (κ1) is 18.2. The molecule has 1 aromatic heterocycles. The Labute approximate surface area is 159 Å². The van der Waals surface area contributed by atoms with Gasteiger partial charge in [-0.2, -0.15) is 0 Å². The third-order valence-electron chi connectivity index (χ3n) is 5.61. The second-order valence-corrected chi connectivity index (χ2v) is 7.32. The molecule has 1 aromatic carbocycles. The number of nitrogens with zero attached hydrogens (tertiary/aromatic N) is 2. The number of amides is 1. The van der Waals surface area contributed by atoms with Gasteiger partial charge in [0.1, 0.15) is 11.5 Å². The van der Waals surface area contributed by atoms with Crippen LogP contribution >= 0.6 is 0 Å². The molecule has 2 aliphatic rings. The monoisotopic (exact) mass is 371 g/mol. The van der Waals surface area contributed by atoms with Gasteiger partial charge in [0.15, 0.2) is 0 Å². The summed E-state index contributed by atoms with van der Waals surface area (Å²) in [5, 5.41) is 1.91. The highest BCUT2D eigenvalue weighted by Crippen LogP contribution is 2.30. The summed E-state index contributed by atoms with van der Waals surface area (Å²) in [6.07, 6.45) is 4.18. The van der Waals surface area contributed by atoms with Gasteiger partial charge in [0.25, 0.3) is 5.91 Å². The number of nitrogens with one attached hydrogen (secondary N) is 1. The molecule has 1 saturated heterocycles. The Hall–Kier alpha value is -2.18. The second-order valence-electron chi connectivity index (χ2n) is 7.32. The number of aromatic nitrogens is 1. The Morgan fingerprint density at radius 3 is 2.70 bits per heavy atom. The van der Waals surface area contributed by atoms with Crippen LogP contribution in [-0.4, -0.2) is 41.8 Å². The molecule has 0 radical (unpaired) electrons. The lowest BCUT2D eigenvalue weighted by molar-refractivity contribution is 0.0123. The number of halogens is 1. The summed E-state index contributed by atoms with van der Waals surface area (Å²) in [6, 6.07) is 6.81. The van der Waals surface area contributed by atoms with Gasteiger partial charge in [-0.15, -0.1) is 0 Å². The predicted octanol–water partition coefficient (Wildman–Crippen LogP) is 2.84. The molecule has 0 atom stereocenters. The predicted molar refractivity (Wildman–Crippen MR) is 101 cm³/mol. The molecule has 1 N–H and O–H groups in total. The summed E-state index contributed by atoms with van der Waals surface area (Å²) < 4.78 is 21.7. The van der Waals surface area contributed by atoms with E-state index in [0.717, 1.165) is 31.2 Å². The fourth-order valence-corrected chi connectivity index (χ4v) is 4.21. The third-order valence-corrected chi connectivity index (χ3v) is 5.61. The fraction of sp³-hybridized carbons (Fsp3) is 0.476. The SMILES string of the molecule is Cc1c2c(n(Cc3ccccc3F)c1C(=O)NN1CCOCC1)CCCC2. The molecule has 2 aromatic rings. The molecule has 0 saturated carbocycles. The Kier molecular flexibility index (Phi) is 5.27. The van der Waals surface area contributed by atoms with Crippen molar-refractivity contribution in [1.82, 2.24) is 15.0 Å². The van der Waals surface area contributed by atoms with E-state index in [1.54, 1.807) is 12.1 Å². The zero-order chi connectivity index (χ0) is 18.8. The lowest BCUT2D eigenvalue weighted by Gasteiger charge is -2.27. The third kappa shape index (κ3) is 3.64. The van der Waals surface area contributed by atoms with Crippen molar-refractivity contribution in [2.24, 2.45) is 0 Å². The number of carbonyl (C=O) groups excluding carboxylic acids is 1. The standard InChI is InChI=1S/C21H26FN3O2/c1-15-17-7-3-5-9-19(17)25(14-16-6-2-4-8-18(16)22)20(15)21(26)23-24-10-12-27-13-11-24/h2,4,6,8H,3,5,7,9-14H2,1H3,(H,23,26). The maximum Gasteiger partial charge on any atom is 0.282 e. The number of rotatable bonds is 4. The van der Waals surface area contributed by atoms with Gasteiger partial charge in [0.2, 0.25) is 0 Å². The zero-order valence-corrected chi connectivity index (χ0v) is 15.8. The molecule has 0 spiro atoms. The quantitative estimate of drug-likeness (QED) is 0.899. The van der Waals surface area contributed by atoms with Crippen LogP contribution in [0.25, 0.3) is 0 Å². The molecule has 1 fully saturated rings. The van der Waals surface area contributed by atoms with Crippen LogP contribution in [-0.2, 0) is 24.1 Å². The molecular formula is C21H26FN3O2. The first-order valence-electron chi connectivity index (χ1n) is 9.73. The number of hydrogen-bond acceptors (Lipinski definition) is 3. The summed E-state index contributed by atoms with van der Waals surface area (Å²) in [4.78, 5) is 13.1. The molecule has 1 aliphatic heterocycles. The lowest BCUT2D eigenvalue weighted by Crippen LogP contribution is -2.49. The molecule has 0 unspecified atom stereocenters.